The Hall–Kier alpha value is -1.56. The van der Waals surface area contributed by atoms with Crippen molar-refractivity contribution in [2.75, 3.05) is 6.54 Å². The van der Waals surface area contributed by atoms with E-state index in [2.05, 4.69) is 0 Å². The van der Waals surface area contributed by atoms with Crippen LogP contribution in [-0.2, 0) is 5.92 Å². The van der Waals surface area contributed by atoms with Gasteiger partial charge in [0.1, 0.15) is 5.56 Å². The zero-order valence-electron chi connectivity index (χ0n) is 8.04. The molecule has 2 N–H and O–H groups in total. The summed E-state index contributed by atoms with van der Waals surface area (Å²) in [6, 6.07) is 3.79. The van der Waals surface area contributed by atoms with E-state index in [9.17, 15) is 18.9 Å². The van der Waals surface area contributed by atoms with Crippen molar-refractivity contribution in [1.29, 1.82) is 0 Å². The maximum atomic E-state index is 13.3. The summed E-state index contributed by atoms with van der Waals surface area (Å²) in [5.74, 6) is -3.37. The Bertz CT molecular complexity index is 394. The van der Waals surface area contributed by atoms with Gasteiger partial charge in [0.15, 0.2) is 0 Å². The summed E-state index contributed by atoms with van der Waals surface area (Å²) < 4.78 is 26.5. The standard InChI is InChI=1S/C9H10F2N2O2/c1-6-3-2-4-7(8(6)13(14)15)9(10,11)5-12/h2-4H,5,12H2,1H3. The van der Waals surface area contributed by atoms with E-state index in [-0.39, 0.29) is 5.56 Å². The number of nitrogens with zero attached hydrogens (tertiary/aromatic N) is 1. The lowest BCUT2D eigenvalue weighted by Crippen LogP contribution is -2.26. The highest BCUT2D eigenvalue weighted by Gasteiger charge is 2.37. The molecule has 0 fully saturated rings. The minimum Gasteiger partial charge on any atom is -0.325 e. The molecule has 1 aromatic rings. The summed E-state index contributed by atoms with van der Waals surface area (Å²) in [6.45, 7) is 0.464. The van der Waals surface area contributed by atoms with E-state index < -0.39 is 28.6 Å². The van der Waals surface area contributed by atoms with Crippen LogP contribution in [0, 0.1) is 17.0 Å². The first-order valence-electron chi connectivity index (χ1n) is 4.22. The van der Waals surface area contributed by atoms with Crippen LogP contribution in [0.3, 0.4) is 0 Å². The molecule has 0 saturated carbocycles. The number of halogens is 2. The number of nitro benzene ring substituents is 1. The monoisotopic (exact) mass is 216 g/mol. The molecule has 0 amide bonds. The number of rotatable bonds is 3. The Kier molecular flexibility index (Phi) is 2.99. The van der Waals surface area contributed by atoms with Gasteiger partial charge in [-0.3, -0.25) is 10.1 Å². The van der Waals surface area contributed by atoms with Crippen molar-refractivity contribution >= 4 is 5.69 Å². The van der Waals surface area contributed by atoms with Crippen LogP contribution in [0.1, 0.15) is 11.1 Å². The van der Waals surface area contributed by atoms with Crippen LogP contribution >= 0.6 is 0 Å². The molecule has 0 atom stereocenters. The predicted octanol–water partition coefficient (Wildman–Crippen LogP) is 1.95. The molecule has 0 saturated heterocycles. The molecule has 15 heavy (non-hydrogen) atoms. The lowest BCUT2D eigenvalue weighted by Gasteiger charge is -2.14. The van der Waals surface area contributed by atoms with Gasteiger partial charge in [0.25, 0.3) is 11.6 Å². The fourth-order valence-corrected chi connectivity index (χ4v) is 1.31. The molecule has 0 spiro atoms. The van der Waals surface area contributed by atoms with Crippen LogP contribution in [0.4, 0.5) is 14.5 Å². The highest BCUT2D eigenvalue weighted by molar-refractivity contribution is 5.49. The number of nitro groups is 1. The van der Waals surface area contributed by atoms with E-state index in [1.807, 2.05) is 0 Å². The first kappa shape index (κ1) is 11.5. The molecule has 0 heterocycles. The minimum atomic E-state index is -3.37. The Labute approximate surface area is 84.9 Å². The quantitative estimate of drug-likeness (QED) is 0.620. The number of benzene rings is 1. The summed E-state index contributed by atoms with van der Waals surface area (Å²) in [5, 5.41) is 10.6. The third-order valence-corrected chi connectivity index (χ3v) is 2.07. The fourth-order valence-electron chi connectivity index (χ4n) is 1.31. The van der Waals surface area contributed by atoms with Gasteiger partial charge in [0.2, 0.25) is 0 Å². The first-order chi connectivity index (χ1) is 6.90. The SMILES string of the molecule is Cc1cccc(C(F)(F)CN)c1[N+](=O)[O-]. The van der Waals surface area contributed by atoms with Gasteiger partial charge in [-0.05, 0) is 13.0 Å². The number of aryl methyl sites for hydroxylation is 1. The van der Waals surface area contributed by atoms with Crippen molar-refractivity contribution in [1.82, 2.24) is 0 Å². The number of hydrogen-bond donors (Lipinski definition) is 1. The van der Waals surface area contributed by atoms with Crippen LogP contribution in [0.5, 0.6) is 0 Å². The van der Waals surface area contributed by atoms with Crippen molar-refractivity contribution in [2.45, 2.75) is 12.8 Å². The van der Waals surface area contributed by atoms with Crippen LogP contribution in [-0.4, -0.2) is 11.5 Å². The van der Waals surface area contributed by atoms with Crippen molar-refractivity contribution in [3.8, 4) is 0 Å². The second-order valence-corrected chi connectivity index (χ2v) is 3.14. The molecule has 0 aliphatic heterocycles. The molecule has 4 nitrogen and oxygen atoms in total. The predicted molar refractivity (Wildman–Crippen MR) is 50.8 cm³/mol. The van der Waals surface area contributed by atoms with Crippen molar-refractivity contribution in [2.24, 2.45) is 5.73 Å². The number of alkyl halides is 2. The number of hydrogen-bond acceptors (Lipinski definition) is 3. The van der Waals surface area contributed by atoms with E-state index >= 15 is 0 Å². The van der Waals surface area contributed by atoms with Gasteiger partial charge < -0.3 is 5.73 Å². The Balaban J connectivity index is 3.42. The van der Waals surface area contributed by atoms with Crippen LogP contribution in [0.25, 0.3) is 0 Å². The zero-order chi connectivity index (χ0) is 11.6. The van der Waals surface area contributed by atoms with Gasteiger partial charge in [-0.2, -0.15) is 8.78 Å². The second kappa shape index (κ2) is 3.90. The molecule has 1 aromatic carbocycles. The lowest BCUT2D eigenvalue weighted by atomic mass is 10.0. The summed E-state index contributed by atoms with van der Waals surface area (Å²) >= 11 is 0. The molecule has 0 aliphatic rings. The number of para-hydroxylation sites is 1. The Morgan fingerprint density at radius 2 is 2.13 bits per heavy atom. The highest BCUT2D eigenvalue weighted by Crippen LogP contribution is 2.35. The van der Waals surface area contributed by atoms with E-state index in [0.29, 0.717) is 0 Å². The number of nitrogens with two attached hydrogens (primary N) is 1. The zero-order valence-corrected chi connectivity index (χ0v) is 8.04. The third-order valence-electron chi connectivity index (χ3n) is 2.07. The first-order valence-corrected chi connectivity index (χ1v) is 4.22. The van der Waals surface area contributed by atoms with Gasteiger partial charge in [-0.15, -0.1) is 0 Å². The summed E-state index contributed by atoms with van der Waals surface area (Å²) in [7, 11) is 0. The van der Waals surface area contributed by atoms with Gasteiger partial charge >= 0.3 is 0 Å². The molecule has 0 radical (unpaired) electrons. The normalized spacial score (nSPS) is 11.5. The van der Waals surface area contributed by atoms with Crippen molar-refractivity contribution in [3.05, 3.63) is 39.4 Å². The molecular weight excluding hydrogens is 206 g/mol. The van der Waals surface area contributed by atoms with E-state index in [1.165, 1.54) is 19.1 Å². The van der Waals surface area contributed by atoms with Gasteiger partial charge in [-0.1, -0.05) is 12.1 Å². The summed E-state index contributed by atoms with van der Waals surface area (Å²) in [5.41, 5.74) is 3.89. The average Bonchev–Trinajstić information content (AvgIpc) is 2.16. The minimum absolute atomic E-state index is 0.200. The highest BCUT2D eigenvalue weighted by atomic mass is 19.3. The maximum absolute atomic E-state index is 13.3. The van der Waals surface area contributed by atoms with Gasteiger partial charge in [-0.25, -0.2) is 0 Å². The lowest BCUT2D eigenvalue weighted by molar-refractivity contribution is -0.387. The maximum Gasteiger partial charge on any atom is 0.291 e. The second-order valence-electron chi connectivity index (χ2n) is 3.14. The third kappa shape index (κ3) is 2.10. The van der Waals surface area contributed by atoms with Gasteiger partial charge in [0.05, 0.1) is 11.5 Å². The molecular formula is C9H10F2N2O2. The van der Waals surface area contributed by atoms with Gasteiger partial charge in [0, 0.05) is 5.56 Å². The van der Waals surface area contributed by atoms with E-state index in [1.54, 1.807) is 0 Å². The van der Waals surface area contributed by atoms with Crippen LogP contribution in [0.2, 0.25) is 0 Å². The molecule has 0 aromatic heterocycles. The van der Waals surface area contributed by atoms with E-state index in [0.717, 1.165) is 6.07 Å². The van der Waals surface area contributed by atoms with Crippen molar-refractivity contribution < 1.29 is 13.7 Å². The molecule has 0 bridgehead atoms. The molecule has 1 rings (SSSR count). The summed E-state index contributed by atoms with van der Waals surface area (Å²) in [4.78, 5) is 9.83. The Morgan fingerprint density at radius 3 is 2.60 bits per heavy atom. The molecule has 0 aliphatic carbocycles. The molecule has 6 heteroatoms. The average molecular weight is 216 g/mol. The molecule has 82 valence electrons. The topological polar surface area (TPSA) is 69.2 Å². The smallest absolute Gasteiger partial charge is 0.291 e. The van der Waals surface area contributed by atoms with Crippen LogP contribution in [0.15, 0.2) is 18.2 Å². The molecule has 0 unspecified atom stereocenters. The van der Waals surface area contributed by atoms with Crippen LogP contribution < -0.4 is 5.73 Å². The fraction of sp³-hybridized carbons (Fsp3) is 0.333. The van der Waals surface area contributed by atoms with E-state index in [4.69, 9.17) is 5.73 Å². The summed E-state index contributed by atoms with van der Waals surface area (Å²) in [6.07, 6.45) is 0. The Morgan fingerprint density at radius 1 is 1.53 bits per heavy atom. The largest absolute Gasteiger partial charge is 0.325 e. The van der Waals surface area contributed by atoms with Crippen molar-refractivity contribution in [3.63, 3.8) is 0 Å².